The van der Waals surface area contributed by atoms with E-state index in [2.05, 4.69) is 17.1 Å². The lowest BCUT2D eigenvalue weighted by Gasteiger charge is -2.20. The number of amides is 1. The summed E-state index contributed by atoms with van der Waals surface area (Å²) in [4.78, 5) is 18.9. The molecule has 0 saturated carbocycles. The normalized spacial score (nSPS) is 16.3. The van der Waals surface area contributed by atoms with Gasteiger partial charge in [-0.25, -0.2) is 0 Å². The van der Waals surface area contributed by atoms with Crippen LogP contribution in [0.5, 0.6) is 5.75 Å². The molecule has 7 heteroatoms. The second kappa shape index (κ2) is 8.88. The predicted molar refractivity (Wildman–Crippen MR) is 116 cm³/mol. The van der Waals surface area contributed by atoms with Crippen LogP contribution in [-0.4, -0.2) is 29.2 Å². The molecule has 1 atom stereocenters. The number of anilines is 1. The molecular formula is C23H24ClN3O3. The summed E-state index contributed by atoms with van der Waals surface area (Å²) in [5.74, 6) is 1.66. The largest absolute Gasteiger partial charge is 0.494 e. The topological polar surface area (TPSA) is 68.5 Å². The Morgan fingerprint density at radius 1 is 1.23 bits per heavy atom. The van der Waals surface area contributed by atoms with Gasteiger partial charge in [0, 0.05) is 24.4 Å². The van der Waals surface area contributed by atoms with Crippen molar-refractivity contribution in [3.05, 3.63) is 58.9 Å². The summed E-state index contributed by atoms with van der Waals surface area (Å²) in [6.45, 7) is 5.26. The number of nitrogens with zero attached hydrogens (tertiary/aromatic N) is 3. The minimum absolute atomic E-state index is 0.0103. The summed E-state index contributed by atoms with van der Waals surface area (Å²) < 4.78 is 11.2. The van der Waals surface area contributed by atoms with E-state index in [9.17, 15) is 4.79 Å². The van der Waals surface area contributed by atoms with E-state index in [1.54, 1.807) is 11.0 Å². The van der Waals surface area contributed by atoms with Gasteiger partial charge in [-0.1, -0.05) is 42.2 Å². The smallest absolute Gasteiger partial charge is 0.257 e. The minimum Gasteiger partial charge on any atom is -0.494 e. The number of para-hydroxylation sites is 1. The molecule has 1 saturated heterocycles. The van der Waals surface area contributed by atoms with Crippen molar-refractivity contribution >= 4 is 23.2 Å². The Labute approximate surface area is 180 Å². The summed E-state index contributed by atoms with van der Waals surface area (Å²) in [5, 5.41) is 4.70. The molecule has 0 spiro atoms. The Morgan fingerprint density at radius 3 is 2.77 bits per heavy atom. The summed E-state index contributed by atoms with van der Waals surface area (Å²) >= 11 is 6.35. The third-order valence-corrected chi connectivity index (χ3v) is 5.56. The fourth-order valence-electron chi connectivity index (χ4n) is 3.61. The summed E-state index contributed by atoms with van der Waals surface area (Å²) in [6.07, 6.45) is 2.45. The summed E-state index contributed by atoms with van der Waals surface area (Å²) in [5.41, 5.74) is 2.54. The van der Waals surface area contributed by atoms with Crippen LogP contribution in [0.1, 0.15) is 43.5 Å². The zero-order chi connectivity index (χ0) is 21.1. The lowest BCUT2D eigenvalue weighted by atomic mass is 10.1. The summed E-state index contributed by atoms with van der Waals surface area (Å²) in [6, 6.07) is 13.2. The molecule has 2 heterocycles. The van der Waals surface area contributed by atoms with Crippen molar-refractivity contribution in [2.75, 3.05) is 18.1 Å². The van der Waals surface area contributed by atoms with Crippen LogP contribution in [0.4, 0.5) is 5.69 Å². The van der Waals surface area contributed by atoms with Crippen LogP contribution in [0.2, 0.25) is 5.02 Å². The second-order valence-corrected chi connectivity index (χ2v) is 7.90. The van der Waals surface area contributed by atoms with Crippen molar-refractivity contribution in [3.8, 4) is 17.2 Å². The number of carbonyl (C=O) groups is 1. The molecule has 0 bridgehead atoms. The van der Waals surface area contributed by atoms with Crippen molar-refractivity contribution in [1.29, 1.82) is 0 Å². The number of halogens is 1. The summed E-state index contributed by atoms with van der Waals surface area (Å²) in [7, 11) is 0. The number of aryl methyl sites for hydroxylation is 1. The highest BCUT2D eigenvalue weighted by atomic mass is 35.5. The molecule has 0 radical (unpaired) electrons. The molecule has 1 fully saturated rings. The van der Waals surface area contributed by atoms with Crippen molar-refractivity contribution < 1.29 is 14.1 Å². The van der Waals surface area contributed by atoms with Crippen molar-refractivity contribution in [3.63, 3.8) is 0 Å². The molecule has 1 amide bonds. The first-order valence-corrected chi connectivity index (χ1v) is 10.6. The van der Waals surface area contributed by atoms with Gasteiger partial charge in [-0.2, -0.15) is 4.98 Å². The maximum Gasteiger partial charge on any atom is 0.257 e. The second-order valence-electron chi connectivity index (χ2n) is 7.49. The van der Waals surface area contributed by atoms with Crippen LogP contribution in [0.25, 0.3) is 11.5 Å². The average molecular weight is 426 g/mol. The van der Waals surface area contributed by atoms with E-state index in [4.69, 9.17) is 20.9 Å². The number of ether oxygens (including phenoxy) is 1. The van der Waals surface area contributed by atoms with Crippen LogP contribution in [-0.2, 0) is 4.79 Å². The number of benzene rings is 2. The highest BCUT2D eigenvalue weighted by Gasteiger charge is 2.36. The SMILES string of the molecule is CCCCOc1ccc(-c2nc(C3CC(=O)N(c4c(C)cccc4Cl)C3)no2)cc1. The van der Waals surface area contributed by atoms with Crippen LogP contribution in [0.15, 0.2) is 47.0 Å². The molecule has 30 heavy (non-hydrogen) atoms. The maximum atomic E-state index is 12.7. The zero-order valence-corrected chi connectivity index (χ0v) is 17.9. The molecule has 2 aromatic carbocycles. The van der Waals surface area contributed by atoms with E-state index >= 15 is 0 Å². The van der Waals surface area contributed by atoms with Crippen molar-refractivity contribution in [2.24, 2.45) is 0 Å². The number of carbonyl (C=O) groups excluding carboxylic acids is 1. The molecule has 1 unspecified atom stereocenters. The molecule has 0 aliphatic carbocycles. The van der Waals surface area contributed by atoms with Gasteiger partial charge < -0.3 is 14.2 Å². The first-order valence-electron chi connectivity index (χ1n) is 10.2. The van der Waals surface area contributed by atoms with E-state index in [0.717, 1.165) is 35.4 Å². The number of aromatic nitrogens is 2. The fourth-order valence-corrected chi connectivity index (χ4v) is 3.93. The van der Waals surface area contributed by atoms with E-state index < -0.39 is 0 Å². The van der Waals surface area contributed by atoms with Gasteiger partial charge in [0.2, 0.25) is 5.91 Å². The van der Waals surface area contributed by atoms with Gasteiger partial charge in [-0.15, -0.1) is 0 Å². The Morgan fingerprint density at radius 2 is 2.03 bits per heavy atom. The van der Waals surface area contributed by atoms with Crippen LogP contribution >= 0.6 is 11.6 Å². The van der Waals surface area contributed by atoms with E-state index in [1.807, 2.05) is 43.3 Å². The number of unbranched alkanes of at least 4 members (excludes halogenated alkanes) is 1. The molecule has 0 N–H and O–H groups in total. The quantitative estimate of drug-likeness (QED) is 0.474. The Kier molecular flexibility index (Phi) is 6.04. The van der Waals surface area contributed by atoms with Gasteiger partial charge in [0.05, 0.1) is 17.3 Å². The third-order valence-electron chi connectivity index (χ3n) is 5.26. The van der Waals surface area contributed by atoms with Gasteiger partial charge >= 0.3 is 0 Å². The first-order chi connectivity index (χ1) is 14.6. The standard InChI is InChI=1S/C23H24ClN3O3/c1-3-4-12-29-18-10-8-16(9-11-18)23-25-22(26-30-23)17-13-20(28)27(14-17)21-15(2)6-5-7-19(21)24/h5-11,17H,3-4,12-14H2,1-2H3. The minimum atomic E-state index is -0.137. The highest BCUT2D eigenvalue weighted by Crippen LogP contribution is 2.37. The maximum absolute atomic E-state index is 12.7. The highest BCUT2D eigenvalue weighted by molar-refractivity contribution is 6.34. The number of hydrogen-bond acceptors (Lipinski definition) is 5. The molecular weight excluding hydrogens is 402 g/mol. The Hall–Kier alpha value is -2.86. The Balaban J connectivity index is 1.47. The van der Waals surface area contributed by atoms with E-state index in [0.29, 0.717) is 36.3 Å². The van der Waals surface area contributed by atoms with Gasteiger partial charge in [0.1, 0.15) is 5.75 Å². The van der Waals surface area contributed by atoms with Crippen molar-refractivity contribution in [1.82, 2.24) is 10.1 Å². The van der Waals surface area contributed by atoms with Crippen LogP contribution in [0, 0.1) is 6.92 Å². The number of rotatable bonds is 7. The van der Waals surface area contributed by atoms with Gasteiger partial charge in [-0.05, 0) is 49.2 Å². The molecule has 1 aliphatic rings. The Bertz CT molecular complexity index is 1010. The zero-order valence-electron chi connectivity index (χ0n) is 17.1. The number of hydrogen-bond donors (Lipinski definition) is 0. The van der Waals surface area contributed by atoms with Gasteiger partial charge in [0.25, 0.3) is 5.89 Å². The van der Waals surface area contributed by atoms with Gasteiger partial charge in [0.15, 0.2) is 5.82 Å². The monoisotopic (exact) mass is 425 g/mol. The molecule has 6 nitrogen and oxygen atoms in total. The molecule has 1 aromatic heterocycles. The third kappa shape index (κ3) is 4.19. The lowest BCUT2D eigenvalue weighted by molar-refractivity contribution is -0.117. The van der Waals surface area contributed by atoms with E-state index in [-0.39, 0.29) is 11.8 Å². The molecule has 1 aliphatic heterocycles. The van der Waals surface area contributed by atoms with Crippen molar-refractivity contribution in [2.45, 2.75) is 39.0 Å². The average Bonchev–Trinajstić information content (AvgIpc) is 3.36. The predicted octanol–water partition coefficient (Wildman–Crippen LogP) is 5.40. The molecule has 3 aromatic rings. The molecule has 156 valence electrons. The van der Waals surface area contributed by atoms with E-state index in [1.165, 1.54) is 0 Å². The first kappa shape index (κ1) is 20.4. The van der Waals surface area contributed by atoms with Crippen LogP contribution in [0.3, 0.4) is 0 Å². The van der Waals surface area contributed by atoms with Gasteiger partial charge in [-0.3, -0.25) is 4.79 Å². The molecule has 4 rings (SSSR count). The van der Waals surface area contributed by atoms with Crippen LogP contribution < -0.4 is 9.64 Å². The lowest BCUT2D eigenvalue weighted by Crippen LogP contribution is -2.25. The fraction of sp³-hybridized carbons (Fsp3) is 0.348.